The molecular formula is C13H16FNO3. The van der Waals surface area contributed by atoms with Gasteiger partial charge in [-0.05, 0) is 25.0 Å². The van der Waals surface area contributed by atoms with E-state index < -0.39 is 17.8 Å². The Kier molecular flexibility index (Phi) is 3.81. The van der Waals surface area contributed by atoms with E-state index in [4.69, 9.17) is 0 Å². The van der Waals surface area contributed by atoms with Crippen LogP contribution >= 0.6 is 0 Å². The van der Waals surface area contributed by atoms with Crippen molar-refractivity contribution in [2.75, 3.05) is 6.54 Å². The molecule has 0 saturated heterocycles. The molecule has 4 nitrogen and oxygen atoms in total. The predicted molar refractivity (Wildman–Crippen MR) is 63.7 cm³/mol. The van der Waals surface area contributed by atoms with Gasteiger partial charge in [0.05, 0.1) is 6.10 Å². The van der Waals surface area contributed by atoms with Crippen LogP contribution in [0.5, 0.6) is 5.75 Å². The summed E-state index contributed by atoms with van der Waals surface area (Å²) in [5.41, 5.74) is -0.343. The molecule has 0 spiro atoms. The van der Waals surface area contributed by atoms with Crippen molar-refractivity contribution in [3.8, 4) is 5.75 Å². The number of phenols is 1. The Balaban J connectivity index is 1.99. The zero-order chi connectivity index (χ0) is 13.1. The summed E-state index contributed by atoms with van der Waals surface area (Å²) in [6.07, 6.45) is 2.13. The molecule has 1 aliphatic carbocycles. The fourth-order valence-electron chi connectivity index (χ4n) is 2.31. The first-order valence-corrected chi connectivity index (χ1v) is 6.03. The fourth-order valence-corrected chi connectivity index (χ4v) is 2.31. The van der Waals surface area contributed by atoms with Gasteiger partial charge in [-0.1, -0.05) is 12.5 Å². The lowest BCUT2D eigenvalue weighted by molar-refractivity contribution is 0.0910. The number of hydrogen-bond donors (Lipinski definition) is 3. The number of hydrogen-bond acceptors (Lipinski definition) is 3. The van der Waals surface area contributed by atoms with Gasteiger partial charge in [0, 0.05) is 12.5 Å². The minimum Gasteiger partial charge on any atom is -0.507 e. The third kappa shape index (κ3) is 2.61. The van der Waals surface area contributed by atoms with Gasteiger partial charge in [-0.2, -0.15) is 0 Å². The lowest BCUT2D eigenvalue weighted by Gasteiger charge is -2.15. The summed E-state index contributed by atoms with van der Waals surface area (Å²) in [6.45, 7) is 0.299. The number of aliphatic hydroxyl groups excluding tert-OH is 1. The number of phenolic OH excluding ortho intramolecular Hbond substituents is 1. The molecule has 1 saturated carbocycles. The molecule has 0 aromatic heterocycles. The molecule has 0 unspecified atom stereocenters. The van der Waals surface area contributed by atoms with Crippen LogP contribution < -0.4 is 5.32 Å². The number of rotatable bonds is 3. The molecule has 18 heavy (non-hydrogen) atoms. The van der Waals surface area contributed by atoms with Crippen molar-refractivity contribution < 1.29 is 19.4 Å². The van der Waals surface area contributed by atoms with Crippen molar-refractivity contribution >= 4 is 5.91 Å². The third-order valence-corrected chi connectivity index (χ3v) is 3.36. The highest BCUT2D eigenvalue weighted by molar-refractivity contribution is 5.97. The summed E-state index contributed by atoms with van der Waals surface area (Å²) in [5, 5.41) is 21.6. The van der Waals surface area contributed by atoms with Crippen LogP contribution in [-0.4, -0.2) is 28.8 Å². The average molecular weight is 253 g/mol. The first kappa shape index (κ1) is 12.8. The molecule has 2 rings (SSSR count). The van der Waals surface area contributed by atoms with Gasteiger partial charge in [0.15, 0.2) is 0 Å². The number of aliphatic hydroxyl groups is 1. The maximum absolute atomic E-state index is 13.4. The second kappa shape index (κ2) is 5.35. The van der Waals surface area contributed by atoms with Crippen LogP contribution in [-0.2, 0) is 0 Å². The van der Waals surface area contributed by atoms with Crippen molar-refractivity contribution in [3.63, 3.8) is 0 Å². The molecule has 0 bridgehead atoms. The van der Waals surface area contributed by atoms with Gasteiger partial charge in [-0.25, -0.2) is 4.39 Å². The summed E-state index contributed by atoms with van der Waals surface area (Å²) in [4.78, 5) is 11.8. The van der Waals surface area contributed by atoms with Crippen LogP contribution in [0.15, 0.2) is 18.2 Å². The molecule has 98 valence electrons. The number of aromatic hydroxyl groups is 1. The van der Waals surface area contributed by atoms with Crippen LogP contribution in [0, 0.1) is 11.7 Å². The van der Waals surface area contributed by atoms with Crippen LogP contribution in [0.25, 0.3) is 0 Å². The Bertz CT molecular complexity index is 430. The monoisotopic (exact) mass is 253 g/mol. The quantitative estimate of drug-likeness (QED) is 0.763. The maximum Gasteiger partial charge on any atom is 0.258 e. The highest BCUT2D eigenvalue weighted by atomic mass is 19.1. The molecule has 1 amide bonds. The molecule has 3 N–H and O–H groups in total. The predicted octanol–water partition coefficient (Wildman–Crippen LogP) is 1.42. The number of carbonyl (C=O) groups is 1. The van der Waals surface area contributed by atoms with Gasteiger partial charge in [-0.15, -0.1) is 0 Å². The van der Waals surface area contributed by atoms with Crippen molar-refractivity contribution in [1.82, 2.24) is 5.32 Å². The van der Waals surface area contributed by atoms with E-state index in [-0.39, 0.29) is 17.2 Å². The maximum atomic E-state index is 13.4. The molecule has 1 aromatic rings. The summed E-state index contributed by atoms with van der Waals surface area (Å²) in [7, 11) is 0. The van der Waals surface area contributed by atoms with Crippen molar-refractivity contribution in [2.24, 2.45) is 5.92 Å². The number of halogens is 1. The van der Waals surface area contributed by atoms with Crippen molar-refractivity contribution in [1.29, 1.82) is 0 Å². The molecule has 2 atom stereocenters. The largest absolute Gasteiger partial charge is 0.507 e. The second-order valence-electron chi connectivity index (χ2n) is 4.60. The smallest absolute Gasteiger partial charge is 0.258 e. The summed E-state index contributed by atoms with van der Waals surface area (Å²) >= 11 is 0. The number of benzene rings is 1. The molecule has 0 radical (unpaired) electrons. The first-order valence-electron chi connectivity index (χ1n) is 6.03. The van der Waals surface area contributed by atoms with Gasteiger partial charge in [0.25, 0.3) is 5.91 Å². The molecule has 1 aliphatic rings. The topological polar surface area (TPSA) is 69.6 Å². The molecular weight excluding hydrogens is 237 g/mol. The van der Waals surface area contributed by atoms with Crippen LogP contribution in [0.3, 0.4) is 0 Å². The van der Waals surface area contributed by atoms with Crippen molar-refractivity contribution in [2.45, 2.75) is 25.4 Å². The number of amides is 1. The minimum atomic E-state index is -0.750. The zero-order valence-corrected chi connectivity index (χ0v) is 9.90. The van der Waals surface area contributed by atoms with Gasteiger partial charge >= 0.3 is 0 Å². The average Bonchev–Trinajstić information content (AvgIpc) is 2.72. The highest BCUT2D eigenvalue weighted by Gasteiger charge is 2.26. The van der Waals surface area contributed by atoms with Gasteiger partial charge in [0.1, 0.15) is 17.1 Å². The molecule has 1 fully saturated rings. The van der Waals surface area contributed by atoms with Crippen LogP contribution in [0.2, 0.25) is 0 Å². The first-order chi connectivity index (χ1) is 8.59. The normalized spacial score (nSPS) is 23.0. The number of nitrogens with one attached hydrogen (secondary N) is 1. The van der Waals surface area contributed by atoms with E-state index in [0.29, 0.717) is 6.54 Å². The van der Waals surface area contributed by atoms with Gasteiger partial charge in [0.2, 0.25) is 0 Å². The summed E-state index contributed by atoms with van der Waals surface area (Å²) in [6, 6.07) is 3.73. The summed E-state index contributed by atoms with van der Waals surface area (Å²) < 4.78 is 13.4. The van der Waals surface area contributed by atoms with Crippen LogP contribution in [0.4, 0.5) is 4.39 Å². The van der Waals surface area contributed by atoms with Gasteiger partial charge < -0.3 is 15.5 Å². The third-order valence-electron chi connectivity index (χ3n) is 3.36. The SMILES string of the molecule is O=C(NC[C@@H]1CCC[C@H]1O)c1c(O)cccc1F. The number of carbonyl (C=O) groups excluding carboxylic acids is 1. The van der Waals surface area contributed by atoms with E-state index in [2.05, 4.69) is 5.32 Å². The Labute approximate surface area is 104 Å². The van der Waals surface area contributed by atoms with E-state index in [1.54, 1.807) is 0 Å². The fraction of sp³-hybridized carbons (Fsp3) is 0.462. The highest BCUT2D eigenvalue weighted by Crippen LogP contribution is 2.25. The second-order valence-corrected chi connectivity index (χ2v) is 4.60. The Morgan fingerprint density at radius 3 is 2.83 bits per heavy atom. The zero-order valence-electron chi connectivity index (χ0n) is 9.90. The Morgan fingerprint density at radius 1 is 1.44 bits per heavy atom. The van der Waals surface area contributed by atoms with E-state index >= 15 is 0 Å². The van der Waals surface area contributed by atoms with E-state index in [9.17, 15) is 19.4 Å². The Hall–Kier alpha value is -1.62. The molecule has 1 aromatic carbocycles. The standard InChI is InChI=1S/C13H16FNO3/c14-9-4-2-6-11(17)12(9)13(18)15-7-8-3-1-5-10(8)16/h2,4,6,8,10,16-17H,1,3,5,7H2,(H,15,18)/t8-,10+/m0/s1. The lowest BCUT2D eigenvalue weighted by Crippen LogP contribution is -2.32. The van der Waals surface area contributed by atoms with Crippen molar-refractivity contribution in [3.05, 3.63) is 29.6 Å². The summed E-state index contributed by atoms with van der Waals surface area (Å²) in [5.74, 6) is -1.76. The van der Waals surface area contributed by atoms with Crippen LogP contribution in [0.1, 0.15) is 29.6 Å². The Morgan fingerprint density at radius 2 is 2.22 bits per heavy atom. The molecule has 5 heteroatoms. The van der Waals surface area contributed by atoms with Gasteiger partial charge in [-0.3, -0.25) is 4.79 Å². The lowest BCUT2D eigenvalue weighted by atomic mass is 10.1. The minimum absolute atomic E-state index is 0.0165. The van der Waals surface area contributed by atoms with E-state index in [1.165, 1.54) is 12.1 Å². The van der Waals surface area contributed by atoms with E-state index in [1.807, 2.05) is 0 Å². The molecule has 0 heterocycles. The van der Waals surface area contributed by atoms with E-state index in [0.717, 1.165) is 25.3 Å². The molecule has 0 aliphatic heterocycles.